The Labute approximate surface area is 111 Å². The van der Waals surface area contributed by atoms with Crippen molar-refractivity contribution in [1.29, 1.82) is 0 Å². The van der Waals surface area contributed by atoms with E-state index in [1.807, 2.05) is 35.4 Å². The Morgan fingerprint density at radius 1 is 1.47 bits per heavy atom. The van der Waals surface area contributed by atoms with Crippen molar-refractivity contribution in [3.05, 3.63) is 36.0 Å². The van der Waals surface area contributed by atoms with E-state index in [0.717, 1.165) is 16.5 Å². The molecule has 19 heavy (non-hydrogen) atoms. The molecule has 1 aliphatic rings. The summed E-state index contributed by atoms with van der Waals surface area (Å²) in [5.41, 5.74) is 7.32. The zero-order valence-corrected chi connectivity index (χ0v) is 10.6. The summed E-state index contributed by atoms with van der Waals surface area (Å²) in [6, 6.07) is 7.66. The van der Waals surface area contributed by atoms with Gasteiger partial charge in [0, 0.05) is 42.3 Å². The third-order valence-corrected chi connectivity index (χ3v) is 3.51. The Hall–Kier alpha value is -1.85. The molecule has 100 valence electrons. The second-order valence-corrected chi connectivity index (χ2v) is 4.72. The molecule has 5 nitrogen and oxygen atoms in total. The average molecular weight is 259 g/mol. The molecule has 1 saturated heterocycles. The summed E-state index contributed by atoms with van der Waals surface area (Å²) in [4.78, 5) is 17.5. The molecule has 2 aromatic rings. The highest BCUT2D eigenvalue weighted by Crippen LogP contribution is 2.20. The largest absolute Gasteiger partial charge is 0.373 e. The topological polar surface area (TPSA) is 71.3 Å². The first-order chi connectivity index (χ1) is 9.29. The van der Waals surface area contributed by atoms with Gasteiger partial charge in [-0.3, -0.25) is 4.79 Å². The maximum absolute atomic E-state index is 12.6. The van der Waals surface area contributed by atoms with Gasteiger partial charge in [0.05, 0.1) is 12.7 Å². The van der Waals surface area contributed by atoms with Crippen LogP contribution in [0.25, 0.3) is 10.9 Å². The first kappa shape index (κ1) is 12.2. The molecule has 3 N–H and O–H groups in total. The Morgan fingerprint density at radius 2 is 2.37 bits per heavy atom. The number of nitrogens with two attached hydrogens (primary N) is 1. The van der Waals surface area contributed by atoms with Gasteiger partial charge < -0.3 is 20.4 Å². The number of amides is 1. The number of hydrogen-bond acceptors (Lipinski definition) is 3. The quantitative estimate of drug-likeness (QED) is 0.844. The minimum Gasteiger partial charge on any atom is -0.373 e. The monoisotopic (exact) mass is 259 g/mol. The third kappa shape index (κ3) is 2.22. The molecule has 1 unspecified atom stereocenters. The molecule has 0 saturated carbocycles. The zero-order valence-electron chi connectivity index (χ0n) is 10.6. The van der Waals surface area contributed by atoms with Crippen LogP contribution in [0.5, 0.6) is 0 Å². The molecule has 0 aliphatic carbocycles. The number of aromatic amines is 1. The number of morpholine rings is 1. The van der Waals surface area contributed by atoms with Crippen LogP contribution in [0.3, 0.4) is 0 Å². The molecule has 0 radical (unpaired) electrons. The molecule has 3 rings (SSSR count). The Kier molecular flexibility index (Phi) is 3.23. The Morgan fingerprint density at radius 3 is 3.21 bits per heavy atom. The average Bonchev–Trinajstić information content (AvgIpc) is 2.95. The van der Waals surface area contributed by atoms with Crippen LogP contribution in [0.2, 0.25) is 0 Å². The lowest BCUT2D eigenvalue weighted by Crippen LogP contribution is -2.48. The fraction of sp³-hybridized carbons (Fsp3) is 0.357. The summed E-state index contributed by atoms with van der Waals surface area (Å²) < 4.78 is 5.49. The van der Waals surface area contributed by atoms with Crippen LogP contribution in [0.1, 0.15) is 10.4 Å². The maximum Gasteiger partial charge on any atom is 0.254 e. The van der Waals surface area contributed by atoms with Crippen molar-refractivity contribution >= 4 is 16.8 Å². The number of aromatic nitrogens is 1. The van der Waals surface area contributed by atoms with Crippen molar-refractivity contribution < 1.29 is 9.53 Å². The molecule has 0 spiro atoms. The number of hydrogen-bond donors (Lipinski definition) is 2. The molecule has 2 heterocycles. The summed E-state index contributed by atoms with van der Waals surface area (Å²) in [5, 5.41) is 0.961. The third-order valence-electron chi connectivity index (χ3n) is 3.51. The lowest BCUT2D eigenvalue weighted by Gasteiger charge is -2.32. The van der Waals surface area contributed by atoms with E-state index in [0.29, 0.717) is 26.2 Å². The van der Waals surface area contributed by atoms with Gasteiger partial charge in [-0.15, -0.1) is 0 Å². The molecular weight excluding hydrogens is 242 g/mol. The van der Waals surface area contributed by atoms with Crippen LogP contribution in [0.4, 0.5) is 0 Å². The molecule has 1 aliphatic heterocycles. The van der Waals surface area contributed by atoms with Crippen molar-refractivity contribution in [3.63, 3.8) is 0 Å². The van der Waals surface area contributed by atoms with Crippen LogP contribution in [-0.2, 0) is 4.74 Å². The number of rotatable bonds is 2. The van der Waals surface area contributed by atoms with Gasteiger partial charge in [-0.05, 0) is 18.2 Å². The predicted molar refractivity (Wildman–Crippen MR) is 73.0 cm³/mol. The van der Waals surface area contributed by atoms with Crippen LogP contribution in [-0.4, -0.2) is 48.1 Å². The molecule has 1 aromatic carbocycles. The number of H-pyrrole nitrogens is 1. The number of benzene rings is 1. The van der Waals surface area contributed by atoms with E-state index < -0.39 is 0 Å². The van der Waals surface area contributed by atoms with E-state index in [2.05, 4.69) is 4.98 Å². The van der Waals surface area contributed by atoms with Gasteiger partial charge in [0.2, 0.25) is 0 Å². The van der Waals surface area contributed by atoms with Crippen molar-refractivity contribution in [1.82, 2.24) is 9.88 Å². The van der Waals surface area contributed by atoms with Crippen molar-refractivity contribution in [2.75, 3.05) is 26.2 Å². The number of nitrogens with one attached hydrogen (secondary N) is 1. The highest BCUT2D eigenvalue weighted by Gasteiger charge is 2.25. The predicted octanol–water partition coefficient (Wildman–Crippen LogP) is 0.968. The van der Waals surface area contributed by atoms with Crippen molar-refractivity contribution in [3.8, 4) is 0 Å². The van der Waals surface area contributed by atoms with Gasteiger partial charge >= 0.3 is 0 Å². The van der Waals surface area contributed by atoms with Gasteiger partial charge in [0.25, 0.3) is 5.91 Å². The summed E-state index contributed by atoms with van der Waals surface area (Å²) in [6.45, 7) is 2.18. The molecule has 1 atom stereocenters. The van der Waals surface area contributed by atoms with Gasteiger partial charge in [-0.25, -0.2) is 0 Å². The van der Waals surface area contributed by atoms with Crippen LogP contribution >= 0.6 is 0 Å². The van der Waals surface area contributed by atoms with Gasteiger partial charge in [-0.2, -0.15) is 0 Å². The van der Waals surface area contributed by atoms with Gasteiger partial charge in [-0.1, -0.05) is 6.07 Å². The van der Waals surface area contributed by atoms with Gasteiger partial charge in [0.15, 0.2) is 0 Å². The molecule has 5 heteroatoms. The smallest absolute Gasteiger partial charge is 0.254 e. The van der Waals surface area contributed by atoms with E-state index in [1.165, 1.54) is 0 Å². The normalized spacial score (nSPS) is 19.8. The zero-order chi connectivity index (χ0) is 13.2. The Balaban J connectivity index is 1.89. The molecular formula is C14H17N3O2. The van der Waals surface area contributed by atoms with Crippen molar-refractivity contribution in [2.45, 2.75) is 6.10 Å². The summed E-state index contributed by atoms with van der Waals surface area (Å²) in [6.07, 6.45) is 1.80. The van der Waals surface area contributed by atoms with E-state index in [9.17, 15) is 4.79 Å². The molecule has 0 bridgehead atoms. The van der Waals surface area contributed by atoms with E-state index in [-0.39, 0.29) is 12.0 Å². The first-order valence-corrected chi connectivity index (χ1v) is 6.46. The lowest BCUT2D eigenvalue weighted by atomic mass is 10.1. The summed E-state index contributed by atoms with van der Waals surface area (Å²) >= 11 is 0. The molecule has 1 fully saturated rings. The first-order valence-electron chi connectivity index (χ1n) is 6.46. The number of carbonyl (C=O) groups excluding carboxylic acids is 1. The van der Waals surface area contributed by atoms with Crippen molar-refractivity contribution in [2.24, 2.45) is 5.73 Å². The summed E-state index contributed by atoms with van der Waals surface area (Å²) in [7, 11) is 0. The second kappa shape index (κ2) is 5.03. The minimum absolute atomic E-state index is 0.0481. The SMILES string of the molecule is NCC1CN(C(=O)c2cccc3[nH]ccc23)CCO1. The molecule has 1 amide bonds. The standard InChI is InChI=1S/C14H17N3O2/c15-8-10-9-17(6-7-19-10)14(18)12-2-1-3-13-11(12)4-5-16-13/h1-5,10,16H,6-9,15H2. The minimum atomic E-state index is -0.0527. The van der Waals surface area contributed by atoms with E-state index in [4.69, 9.17) is 10.5 Å². The second-order valence-electron chi connectivity index (χ2n) is 4.72. The highest BCUT2D eigenvalue weighted by atomic mass is 16.5. The number of carbonyl (C=O) groups is 1. The number of ether oxygens (including phenoxy) is 1. The maximum atomic E-state index is 12.6. The van der Waals surface area contributed by atoms with Crippen LogP contribution in [0.15, 0.2) is 30.5 Å². The summed E-state index contributed by atoms with van der Waals surface area (Å²) in [5.74, 6) is 0.0481. The fourth-order valence-electron chi connectivity index (χ4n) is 2.49. The fourth-order valence-corrected chi connectivity index (χ4v) is 2.49. The van der Waals surface area contributed by atoms with Crippen LogP contribution < -0.4 is 5.73 Å². The number of nitrogens with zero attached hydrogens (tertiary/aromatic N) is 1. The van der Waals surface area contributed by atoms with Gasteiger partial charge in [0.1, 0.15) is 0 Å². The van der Waals surface area contributed by atoms with E-state index >= 15 is 0 Å². The number of fused-ring (bicyclic) bond motifs is 1. The molecule has 1 aromatic heterocycles. The highest BCUT2D eigenvalue weighted by molar-refractivity contribution is 6.06. The van der Waals surface area contributed by atoms with Crippen LogP contribution in [0, 0.1) is 0 Å². The van der Waals surface area contributed by atoms with E-state index in [1.54, 1.807) is 0 Å². The Bertz CT molecular complexity index is 593. The lowest BCUT2D eigenvalue weighted by molar-refractivity contribution is -0.0166.